The number of hydrogen-bond donors (Lipinski definition) is 1. The number of ether oxygens (including phenoxy) is 1. The fourth-order valence-electron chi connectivity index (χ4n) is 2.48. The SMILES string of the molecule is COC(=O)Cc1cc(NCc2ccccc2)c2ccccc2n1. The van der Waals surface area contributed by atoms with E-state index in [2.05, 4.69) is 22.4 Å². The zero-order chi connectivity index (χ0) is 16.1. The quantitative estimate of drug-likeness (QED) is 0.732. The van der Waals surface area contributed by atoms with Crippen LogP contribution in [0.3, 0.4) is 0 Å². The normalized spacial score (nSPS) is 10.5. The van der Waals surface area contributed by atoms with Gasteiger partial charge in [0.15, 0.2) is 0 Å². The standard InChI is InChI=1S/C19H18N2O2/c1-23-19(22)12-15-11-18(16-9-5-6-10-17(16)21-15)20-13-14-7-3-2-4-8-14/h2-11H,12-13H2,1H3,(H,20,21). The summed E-state index contributed by atoms with van der Waals surface area (Å²) in [7, 11) is 1.39. The van der Waals surface area contributed by atoms with E-state index in [0.717, 1.165) is 16.6 Å². The highest BCUT2D eigenvalue weighted by molar-refractivity contribution is 5.92. The van der Waals surface area contributed by atoms with Crippen molar-refractivity contribution in [2.24, 2.45) is 0 Å². The highest BCUT2D eigenvalue weighted by Gasteiger charge is 2.09. The summed E-state index contributed by atoms with van der Waals surface area (Å²) in [5, 5.41) is 4.48. The maximum Gasteiger partial charge on any atom is 0.311 e. The molecule has 23 heavy (non-hydrogen) atoms. The molecule has 2 aromatic carbocycles. The van der Waals surface area contributed by atoms with Crippen molar-refractivity contribution in [3.05, 3.63) is 71.9 Å². The van der Waals surface area contributed by atoms with Crippen molar-refractivity contribution >= 4 is 22.6 Å². The van der Waals surface area contributed by atoms with E-state index in [-0.39, 0.29) is 12.4 Å². The van der Waals surface area contributed by atoms with E-state index in [1.54, 1.807) is 0 Å². The maximum absolute atomic E-state index is 11.5. The van der Waals surface area contributed by atoms with Crippen LogP contribution in [0.4, 0.5) is 5.69 Å². The van der Waals surface area contributed by atoms with Gasteiger partial charge in [0, 0.05) is 17.6 Å². The van der Waals surface area contributed by atoms with Gasteiger partial charge in [-0.1, -0.05) is 48.5 Å². The molecule has 0 fully saturated rings. The molecule has 0 aliphatic heterocycles. The van der Waals surface area contributed by atoms with Crippen molar-refractivity contribution in [2.75, 3.05) is 12.4 Å². The number of fused-ring (bicyclic) bond motifs is 1. The first kappa shape index (κ1) is 15.0. The number of hydrogen-bond acceptors (Lipinski definition) is 4. The molecule has 0 amide bonds. The number of methoxy groups -OCH3 is 1. The molecule has 4 heteroatoms. The number of carbonyl (C=O) groups is 1. The van der Waals surface area contributed by atoms with Crippen molar-refractivity contribution in [3.8, 4) is 0 Å². The number of nitrogens with zero attached hydrogens (tertiary/aromatic N) is 1. The Kier molecular flexibility index (Phi) is 4.52. The molecule has 0 radical (unpaired) electrons. The first-order chi connectivity index (χ1) is 11.3. The number of nitrogens with one attached hydrogen (secondary N) is 1. The Morgan fingerprint density at radius 3 is 2.61 bits per heavy atom. The van der Waals surface area contributed by atoms with E-state index in [1.807, 2.05) is 48.5 Å². The number of pyridine rings is 1. The predicted molar refractivity (Wildman–Crippen MR) is 91.2 cm³/mol. The van der Waals surface area contributed by atoms with Crippen molar-refractivity contribution in [3.63, 3.8) is 0 Å². The summed E-state index contributed by atoms with van der Waals surface area (Å²) >= 11 is 0. The number of rotatable bonds is 5. The lowest BCUT2D eigenvalue weighted by Crippen LogP contribution is -2.08. The van der Waals surface area contributed by atoms with Gasteiger partial charge in [-0.25, -0.2) is 0 Å². The smallest absolute Gasteiger partial charge is 0.311 e. The van der Waals surface area contributed by atoms with Crippen LogP contribution in [0.5, 0.6) is 0 Å². The number of carbonyl (C=O) groups excluding carboxylic acids is 1. The Bertz CT molecular complexity index is 816. The van der Waals surface area contributed by atoms with Gasteiger partial charge in [0.25, 0.3) is 0 Å². The third kappa shape index (κ3) is 3.66. The van der Waals surface area contributed by atoms with E-state index in [1.165, 1.54) is 12.7 Å². The molecule has 3 rings (SSSR count). The summed E-state index contributed by atoms with van der Waals surface area (Å²) in [6, 6.07) is 20.0. The minimum atomic E-state index is -0.290. The monoisotopic (exact) mass is 306 g/mol. The summed E-state index contributed by atoms with van der Waals surface area (Å²) in [4.78, 5) is 16.1. The summed E-state index contributed by atoms with van der Waals surface area (Å²) in [5.74, 6) is -0.290. The van der Waals surface area contributed by atoms with Crippen LogP contribution in [0.15, 0.2) is 60.7 Å². The minimum Gasteiger partial charge on any atom is -0.469 e. The number of benzene rings is 2. The van der Waals surface area contributed by atoms with Crippen molar-refractivity contribution < 1.29 is 9.53 Å². The van der Waals surface area contributed by atoms with Crippen LogP contribution < -0.4 is 5.32 Å². The number of para-hydroxylation sites is 1. The number of aromatic nitrogens is 1. The van der Waals surface area contributed by atoms with Gasteiger partial charge in [0.1, 0.15) is 0 Å². The molecule has 0 spiro atoms. The third-order valence-corrected chi connectivity index (χ3v) is 3.65. The predicted octanol–water partition coefficient (Wildman–Crippen LogP) is 3.56. The number of anilines is 1. The molecule has 0 saturated carbocycles. The van der Waals surface area contributed by atoms with Crippen LogP contribution in [0.25, 0.3) is 10.9 Å². The molecular weight excluding hydrogens is 288 g/mol. The summed E-state index contributed by atoms with van der Waals surface area (Å²) in [6.07, 6.45) is 0.168. The van der Waals surface area contributed by atoms with Crippen LogP contribution >= 0.6 is 0 Å². The fourth-order valence-corrected chi connectivity index (χ4v) is 2.48. The Morgan fingerprint density at radius 2 is 1.83 bits per heavy atom. The van der Waals surface area contributed by atoms with E-state index in [9.17, 15) is 4.79 Å². The molecular formula is C19H18N2O2. The van der Waals surface area contributed by atoms with Gasteiger partial charge in [-0.3, -0.25) is 9.78 Å². The largest absolute Gasteiger partial charge is 0.469 e. The average Bonchev–Trinajstić information content (AvgIpc) is 2.60. The zero-order valence-corrected chi connectivity index (χ0v) is 13.0. The Labute approximate surface area is 135 Å². The molecule has 1 aromatic heterocycles. The topological polar surface area (TPSA) is 51.2 Å². The molecule has 0 bridgehead atoms. The molecule has 3 aromatic rings. The van der Waals surface area contributed by atoms with Gasteiger partial charge in [0.05, 0.1) is 24.7 Å². The summed E-state index contributed by atoms with van der Waals surface area (Å²) in [6.45, 7) is 0.715. The highest BCUT2D eigenvalue weighted by atomic mass is 16.5. The molecule has 116 valence electrons. The minimum absolute atomic E-state index is 0.168. The Hall–Kier alpha value is -2.88. The second-order valence-electron chi connectivity index (χ2n) is 5.27. The van der Waals surface area contributed by atoms with Crippen molar-refractivity contribution in [1.29, 1.82) is 0 Å². The van der Waals surface area contributed by atoms with Gasteiger partial charge in [-0.05, 0) is 17.7 Å². The van der Waals surface area contributed by atoms with Gasteiger partial charge >= 0.3 is 5.97 Å². The van der Waals surface area contributed by atoms with Crippen LogP contribution in [0, 0.1) is 0 Å². The highest BCUT2D eigenvalue weighted by Crippen LogP contribution is 2.24. The van der Waals surface area contributed by atoms with E-state index in [4.69, 9.17) is 4.74 Å². The lowest BCUT2D eigenvalue weighted by Gasteiger charge is -2.12. The lowest BCUT2D eigenvalue weighted by molar-refractivity contribution is -0.139. The second-order valence-corrected chi connectivity index (χ2v) is 5.27. The van der Waals surface area contributed by atoms with Gasteiger partial charge in [-0.15, -0.1) is 0 Å². The van der Waals surface area contributed by atoms with Crippen LogP contribution in [-0.2, 0) is 22.5 Å². The van der Waals surface area contributed by atoms with Crippen LogP contribution in [-0.4, -0.2) is 18.1 Å². The molecule has 1 heterocycles. The van der Waals surface area contributed by atoms with Crippen LogP contribution in [0.1, 0.15) is 11.3 Å². The van der Waals surface area contributed by atoms with Crippen LogP contribution in [0.2, 0.25) is 0 Å². The van der Waals surface area contributed by atoms with Gasteiger partial charge in [-0.2, -0.15) is 0 Å². The number of esters is 1. The lowest BCUT2D eigenvalue weighted by atomic mass is 10.1. The van der Waals surface area contributed by atoms with Crippen molar-refractivity contribution in [1.82, 2.24) is 4.98 Å². The average molecular weight is 306 g/mol. The molecule has 0 aliphatic rings. The van der Waals surface area contributed by atoms with E-state index in [0.29, 0.717) is 12.2 Å². The first-order valence-electron chi connectivity index (χ1n) is 7.49. The molecule has 0 unspecified atom stereocenters. The first-order valence-corrected chi connectivity index (χ1v) is 7.49. The van der Waals surface area contributed by atoms with E-state index >= 15 is 0 Å². The summed E-state index contributed by atoms with van der Waals surface area (Å²) < 4.78 is 4.74. The summed E-state index contributed by atoms with van der Waals surface area (Å²) in [5.41, 5.74) is 3.73. The fraction of sp³-hybridized carbons (Fsp3) is 0.158. The molecule has 0 aliphatic carbocycles. The molecule has 0 saturated heterocycles. The van der Waals surface area contributed by atoms with E-state index < -0.39 is 0 Å². The molecule has 4 nitrogen and oxygen atoms in total. The molecule has 0 atom stereocenters. The maximum atomic E-state index is 11.5. The Morgan fingerprint density at radius 1 is 1.09 bits per heavy atom. The van der Waals surface area contributed by atoms with Crippen molar-refractivity contribution in [2.45, 2.75) is 13.0 Å². The molecule has 1 N–H and O–H groups in total. The zero-order valence-electron chi connectivity index (χ0n) is 13.0. The Balaban J connectivity index is 1.91. The van der Waals surface area contributed by atoms with Gasteiger partial charge in [0.2, 0.25) is 0 Å². The second kappa shape index (κ2) is 6.92. The third-order valence-electron chi connectivity index (χ3n) is 3.65. The van der Waals surface area contributed by atoms with Gasteiger partial charge < -0.3 is 10.1 Å².